The molecule has 1 aromatic heterocycles. The van der Waals surface area contributed by atoms with Crippen molar-refractivity contribution >= 4 is 24.7 Å². The lowest BCUT2D eigenvalue weighted by molar-refractivity contribution is -0.200. The van der Waals surface area contributed by atoms with Gasteiger partial charge in [-0.05, 0) is 26.0 Å². The van der Waals surface area contributed by atoms with Gasteiger partial charge in [0.2, 0.25) is 11.6 Å². The van der Waals surface area contributed by atoms with Gasteiger partial charge in [-0.2, -0.15) is 5.26 Å². The van der Waals surface area contributed by atoms with E-state index in [1.54, 1.807) is 50.2 Å². The van der Waals surface area contributed by atoms with Crippen molar-refractivity contribution in [3.63, 3.8) is 0 Å². The summed E-state index contributed by atoms with van der Waals surface area (Å²) in [5.74, 6) is -0.821. The highest BCUT2D eigenvalue weighted by Gasteiger charge is 2.57. The van der Waals surface area contributed by atoms with Gasteiger partial charge < -0.3 is 23.8 Å². The lowest BCUT2D eigenvalue weighted by Gasteiger charge is -2.25. The van der Waals surface area contributed by atoms with Crippen molar-refractivity contribution in [2.75, 3.05) is 19.0 Å². The molecular weight excluding hydrogens is 549 g/mol. The Morgan fingerprint density at radius 2 is 1.92 bits per heavy atom. The average molecular weight is 582 g/mol. The maximum atomic E-state index is 13.7. The Morgan fingerprint density at radius 1 is 1.23 bits per heavy atom. The number of aromatic nitrogens is 2. The second kappa shape index (κ2) is 11.6. The van der Waals surface area contributed by atoms with Crippen molar-refractivity contribution < 1.29 is 42.2 Å². The van der Waals surface area contributed by atoms with E-state index in [9.17, 15) is 14.5 Å². The Morgan fingerprint density at radius 3 is 2.56 bits per heavy atom. The molecule has 0 aliphatic carbocycles. The van der Waals surface area contributed by atoms with Crippen molar-refractivity contribution in [2.45, 2.75) is 64.9 Å². The maximum absolute atomic E-state index is 13.7. The fraction of sp³-hybridized carbons (Fsp3) is 0.560. The minimum absolute atomic E-state index is 0.0226. The Bertz CT molecular complexity index is 1260. The van der Waals surface area contributed by atoms with E-state index in [0.29, 0.717) is 0 Å². The summed E-state index contributed by atoms with van der Waals surface area (Å²) < 4.78 is 50.0. The molecule has 212 valence electrons. The highest BCUT2D eigenvalue weighted by atomic mass is 32.2. The number of carbonyl (C=O) groups excluding carboxylic acids is 1. The van der Waals surface area contributed by atoms with Crippen LogP contribution in [0, 0.1) is 16.7 Å². The molecular formula is C25H32N3O9PS. The van der Waals surface area contributed by atoms with Crippen LogP contribution in [-0.2, 0) is 32.6 Å². The van der Waals surface area contributed by atoms with Crippen LogP contribution in [-0.4, -0.2) is 62.8 Å². The summed E-state index contributed by atoms with van der Waals surface area (Å²) in [5.41, 5.74) is -0.683. The number of aromatic hydroxyl groups is 1. The van der Waals surface area contributed by atoms with Gasteiger partial charge in [0.25, 0.3) is 0 Å². The average Bonchev–Trinajstić information content (AvgIpc) is 3.50. The van der Waals surface area contributed by atoms with E-state index in [2.05, 4.69) is 4.98 Å². The Kier molecular flexibility index (Phi) is 8.78. The van der Waals surface area contributed by atoms with Gasteiger partial charge >= 0.3 is 7.82 Å². The third-order valence-corrected chi connectivity index (χ3v) is 8.45. The monoisotopic (exact) mass is 581 g/mol. The molecule has 12 nitrogen and oxygen atoms in total. The molecule has 2 aliphatic heterocycles. The van der Waals surface area contributed by atoms with Gasteiger partial charge in [-0.15, -0.1) is 0 Å². The van der Waals surface area contributed by atoms with Crippen LogP contribution < -0.4 is 4.52 Å². The number of para-hydroxylation sites is 1. The van der Waals surface area contributed by atoms with Gasteiger partial charge in [-0.3, -0.25) is 18.4 Å². The molecule has 0 saturated carbocycles. The Balaban J connectivity index is 1.47. The van der Waals surface area contributed by atoms with Crippen LogP contribution in [0.25, 0.3) is 0 Å². The summed E-state index contributed by atoms with van der Waals surface area (Å²) in [6.45, 7) is 8.59. The number of carbonyl (C=O) groups is 1. The zero-order valence-corrected chi connectivity index (χ0v) is 24.0. The molecule has 2 saturated heterocycles. The molecule has 1 aromatic carbocycles. The number of phosphoric ester groups is 1. The predicted molar refractivity (Wildman–Crippen MR) is 140 cm³/mol. The number of thioether (sulfide) groups is 1. The molecule has 2 aliphatic rings. The number of benzene rings is 1. The molecule has 0 bridgehead atoms. The highest BCUT2D eigenvalue weighted by molar-refractivity contribution is 8.13. The lowest BCUT2D eigenvalue weighted by atomic mass is 10.00. The minimum atomic E-state index is -4.18. The molecule has 0 amide bonds. The molecule has 2 fully saturated rings. The van der Waals surface area contributed by atoms with Crippen LogP contribution in [0.15, 0.2) is 36.7 Å². The predicted octanol–water partition coefficient (Wildman–Crippen LogP) is 4.40. The van der Waals surface area contributed by atoms with E-state index in [1.807, 2.05) is 20.8 Å². The Hall–Kier alpha value is -2.43. The molecule has 3 heterocycles. The summed E-state index contributed by atoms with van der Waals surface area (Å²) in [6.07, 6.45) is -1.77. The molecule has 4 rings (SSSR count). The van der Waals surface area contributed by atoms with Gasteiger partial charge in [0.05, 0.1) is 13.2 Å². The van der Waals surface area contributed by atoms with Crippen molar-refractivity contribution in [1.29, 1.82) is 5.26 Å². The zero-order valence-electron chi connectivity index (χ0n) is 22.3. The maximum Gasteiger partial charge on any atom is 0.530 e. The molecule has 0 spiro atoms. The summed E-state index contributed by atoms with van der Waals surface area (Å²) in [6, 6.07) is 10.2. The van der Waals surface area contributed by atoms with Gasteiger partial charge in [-0.1, -0.05) is 50.7 Å². The van der Waals surface area contributed by atoms with Gasteiger partial charge in [0, 0.05) is 11.2 Å². The second-order valence-electron chi connectivity index (χ2n) is 10.4. The van der Waals surface area contributed by atoms with Crippen molar-refractivity contribution in [3.8, 4) is 17.7 Å². The fourth-order valence-corrected chi connectivity index (χ4v) is 6.11. The van der Waals surface area contributed by atoms with Crippen molar-refractivity contribution in [2.24, 2.45) is 5.41 Å². The van der Waals surface area contributed by atoms with E-state index >= 15 is 0 Å². The van der Waals surface area contributed by atoms with Crippen LogP contribution in [0.4, 0.5) is 0 Å². The number of hydrogen-bond acceptors (Lipinski definition) is 12. The first kappa shape index (κ1) is 29.6. The summed E-state index contributed by atoms with van der Waals surface area (Å²) in [5, 5.41) is 19.6. The minimum Gasteiger partial charge on any atom is -0.492 e. The number of fused-ring (bicyclic) bond motifs is 1. The molecule has 2 aromatic rings. The van der Waals surface area contributed by atoms with Crippen LogP contribution in [0.5, 0.6) is 11.6 Å². The quantitative estimate of drug-likeness (QED) is 0.313. The van der Waals surface area contributed by atoms with Gasteiger partial charge in [0.15, 0.2) is 17.1 Å². The fourth-order valence-electron chi connectivity index (χ4n) is 4.00. The number of nitriles is 1. The highest BCUT2D eigenvalue weighted by Crippen LogP contribution is 2.51. The smallest absolute Gasteiger partial charge is 0.492 e. The van der Waals surface area contributed by atoms with Gasteiger partial charge in [-0.25, -0.2) is 9.55 Å². The molecule has 14 heteroatoms. The third kappa shape index (κ3) is 7.02. The van der Waals surface area contributed by atoms with E-state index < -0.39 is 43.6 Å². The summed E-state index contributed by atoms with van der Waals surface area (Å²) >= 11 is 1.08. The lowest BCUT2D eigenvalue weighted by Crippen LogP contribution is -2.33. The van der Waals surface area contributed by atoms with Crippen LogP contribution in [0.1, 0.15) is 46.5 Å². The number of phosphoric acid groups is 1. The number of imidazole rings is 1. The SMILES string of the molecule is CC1(C)O[C@@H]2[C@H](O1)[C@@H](COP(=O)(OCCSC(=O)C(C)(C)C)Oc1ccccc1)O[C@H]2n1cnc(C#N)c1O. The summed E-state index contributed by atoms with van der Waals surface area (Å²) in [7, 11) is -4.18. The van der Waals surface area contributed by atoms with E-state index in [1.165, 1.54) is 10.9 Å². The normalized spacial score (nSPS) is 25.5. The van der Waals surface area contributed by atoms with E-state index in [0.717, 1.165) is 11.8 Å². The topological polar surface area (TPSA) is 151 Å². The number of nitrogens with zero attached hydrogens (tertiary/aromatic N) is 3. The van der Waals surface area contributed by atoms with E-state index in [4.69, 9.17) is 33.0 Å². The molecule has 5 atom stereocenters. The van der Waals surface area contributed by atoms with E-state index in [-0.39, 0.29) is 41.4 Å². The Labute approximate surface area is 231 Å². The van der Waals surface area contributed by atoms with Crippen LogP contribution in [0.2, 0.25) is 0 Å². The van der Waals surface area contributed by atoms with Gasteiger partial charge in [0.1, 0.15) is 36.5 Å². The zero-order chi connectivity index (χ0) is 28.4. The number of rotatable bonds is 10. The molecule has 39 heavy (non-hydrogen) atoms. The second-order valence-corrected chi connectivity index (χ2v) is 13.1. The molecule has 1 N–H and O–H groups in total. The first-order valence-corrected chi connectivity index (χ1v) is 14.7. The van der Waals surface area contributed by atoms with Crippen molar-refractivity contribution in [1.82, 2.24) is 9.55 Å². The molecule has 1 unspecified atom stereocenters. The molecule has 0 radical (unpaired) electrons. The first-order valence-electron chi connectivity index (χ1n) is 12.3. The van der Waals surface area contributed by atoms with Crippen LogP contribution >= 0.6 is 19.6 Å². The summed E-state index contributed by atoms with van der Waals surface area (Å²) in [4.78, 5) is 16.1. The van der Waals surface area contributed by atoms with Crippen LogP contribution in [0.3, 0.4) is 0 Å². The van der Waals surface area contributed by atoms with Crippen molar-refractivity contribution in [3.05, 3.63) is 42.4 Å². The third-order valence-electron chi connectivity index (χ3n) is 5.81. The number of hydrogen-bond donors (Lipinski definition) is 1. The first-order chi connectivity index (χ1) is 18.3. The standard InChI is InChI=1S/C25H32N3O9PS/c1-24(2,3)23(30)39-12-11-32-38(31,37-16-9-7-6-8-10-16)33-14-18-19-20(36-25(4,5)35-19)22(34-18)28-15-27-17(13-26)21(28)29/h6-10,15,18-20,22,29H,11-12,14H2,1-5H3/t18-,19-,20-,22-,38?/m1/s1. The number of ether oxygens (including phenoxy) is 3. The largest absolute Gasteiger partial charge is 0.530 e.